The van der Waals surface area contributed by atoms with Gasteiger partial charge in [0, 0.05) is 37.5 Å². The lowest BCUT2D eigenvalue weighted by Crippen LogP contribution is -2.44. The van der Waals surface area contributed by atoms with Crippen LogP contribution in [0.2, 0.25) is 0 Å². The Kier molecular flexibility index (Phi) is 5.37. The maximum Gasteiger partial charge on any atom is 0.433 e. The number of hydrogen-bond donors (Lipinski definition) is 2. The molecule has 130 valence electrons. The Bertz CT molecular complexity index is 640. The second kappa shape index (κ2) is 7.28. The Hall–Kier alpha value is -2.65. The van der Waals surface area contributed by atoms with Gasteiger partial charge in [0.05, 0.1) is 0 Å². The summed E-state index contributed by atoms with van der Waals surface area (Å²) >= 11 is 0. The lowest BCUT2D eigenvalue weighted by atomic mass is 10.1. The highest BCUT2D eigenvalue weighted by Gasteiger charge is 2.33. The molecule has 0 saturated carbocycles. The van der Waals surface area contributed by atoms with Crippen LogP contribution in [0.3, 0.4) is 0 Å². The van der Waals surface area contributed by atoms with Crippen molar-refractivity contribution in [1.82, 2.24) is 15.3 Å². The van der Waals surface area contributed by atoms with Crippen molar-refractivity contribution in [3.05, 3.63) is 30.1 Å². The fourth-order valence-corrected chi connectivity index (χ4v) is 2.28. The maximum absolute atomic E-state index is 12.7. The minimum absolute atomic E-state index is 0.000347. The van der Waals surface area contributed by atoms with Gasteiger partial charge in [0.2, 0.25) is 11.9 Å². The molecule has 1 fully saturated rings. The number of rotatable bonds is 4. The normalized spacial score (nSPS) is 16.4. The lowest BCUT2D eigenvalue weighted by Gasteiger charge is -2.32. The molecule has 0 aliphatic carbocycles. The summed E-state index contributed by atoms with van der Waals surface area (Å²) in [6.07, 6.45) is -0.819. The number of carboxylic acid groups (broad SMARTS) is 1. The zero-order valence-electron chi connectivity index (χ0n) is 12.5. The smallest absolute Gasteiger partial charge is 0.433 e. The Morgan fingerprint density at radius 3 is 2.54 bits per heavy atom. The predicted octanol–water partition coefficient (Wildman–Crippen LogP) is 1.22. The summed E-state index contributed by atoms with van der Waals surface area (Å²) in [4.78, 5) is 30.8. The van der Waals surface area contributed by atoms with Gasteiger partial charge >= 0.3 is 12.1 Å². The summed E-state index contributed by atoms with van der Waals surface area (Å²) in [5.74, 6) is -1.74. The summed E-state index contributed by atoms with van der Waals surface area (Å²) in [6.45, 7) is 0.768. The van der Waals surface area contributed by atoms with E-state index in [1.54, 1.807) is 4.90 Å². The van der Waals surface area contributed by atoms with Crippen LogP contribution >= 0.6 is 0 Å². The first kappa shape index (κ1) is 17.7. The average Bonchev–Trinajstić information content (AvgIpc) is 2.53. The Morgan fingerprint density at radius 1 is 1.29 bits per heavy atom. The van der Waals surface area contributed by atoms with Crippen LogP contribution in [0.25, 0.3) is 0 Å². The molecule has 2 N–H and O–H groups in total. The Morgan fingerprint density at radius 2 is 1.96 bits per heavy atom. The maximum atomic E-state index is 12.7. The van der Waals surface area contributed by atoms with Crippen molar-refractivity contribution in [3.8, 4) is 0 Å². The van der Waals surface area contributed by atoms with Crippen LogP contribution < -0.4 is 10.2 Å². The van der Waals surface area contributed by atoms with Gasteiger partial charge in [0.25, 0.3) is 0 Å². The van der Waals surface area contributed by atoms with E-state index < -0.39 is 23.7 Å². The molecule has 1 aliphatic heterocycles. The number of amides is 1. The van der Waals surface area contributed by atoms with Crippen molar-refractivity contribution in [2.75, 3.05) is 18.0 Å². The zero-order valence-corrected chi connectivity index (χ0v) is 12.5. The van der Waals surface area contributed by atoms with Gasteiger partial charge in [-0.3, -0.25) is 4.79 Å². The van der Waals surface area contributed by atoms with Gasteiger partial charge in [-0.2, -0.15) is 13.2 Å². The molecule has 0 aromatic carbocycles. The van der Waals surface area contributed by atoms with Crippen molar-refractivity contribution in [3.63, 3.8) is 0 Å². The second-order valence-corrected chi connectivity index (χ2v) is 5.18. The first-order valence-corrected chi connectivity index (χ1v) is 7.12. The molecule has 1 saturated heterocycles. The van der Waals surface area contributed by atoms with Crippen molar-refractivity contribution >= 4 is 17.8 Å². The monoisotopic (exact) mass is 344 g/mol. The van der Waals surface area contributed by atoms with Crippen LogP contribution in [0.5, 0.6) is 0 Å². The third-order valence-corrected chi connectivity index (χ3v) is 3.43. The topological polar surface area (TPSA) is 95.4 Å². The number of nitrogens with zero attached hydrogens (tertiary/aromatic N) is 3. The van der Waals surface area contributed by atoms with Gasteiger partial charge in [0.15, 0.2) is 0 Å². The number of aliphatic carboxylic acids is 1. The van der Waals surface area contributed by atoms with Gasteiger partial charge in [-0.15, -0.1) is 0 Å². The number of anilines is 1. The molecule has 2 heterocycles. The lowest BCUT2D eigenvalue weighted by molar-refractivity contribution is -0.141. The molecule has 10 heteroatoms. The molecular formula is C14H15F3N4O3. The molecule has 1 aromatic heterocycles. The van der Waals surface area contributed by atoms with E-state index in [2.05, 4.69) is 15.3 Å². The molecule has 0 unspecified atom stereocenters. The van der Waals surface area contributed by atoms with E-state index in [4.69, 9.17) is 5.11 Å². The first-order chi connectivity index (χ1) is 11.3. The zero-order chi connectivity index (χ0) is 17.7. The highest BCUT2D eigenvalue weighted by Crippen LogP contribution is 2.28. The van der Waals surface area contributed by atoms with E-state index in [1.165, 1.54) is 0 Å². The van der Waals surface area contributed by atoms with E-state index in [9.17, 15) is 22.8 Å². The quantitative estimate of drug-likeness (QED) is 0.798. The number of piperidine rings is 1. The third kappa shape index (κ3) is 4.93. The van der Waals surface area contributed by atoms with Gasteiger partial charge in [-0.25, -0.2) is 14.8 Å². The summed E-state index contributed by atoms with van der Waals surface area (Å²) in [5, 5.41) is 11.1. The van der Waals surface area contributed by atoms with E-state index in [0.717, 1.165) is 24.4 Å². The van der Waals surface area contributed by atoms with Crippen LogP contribution in [-0.2, 0) is 15.8 Å². The van der Waals surface area contributed by atoms with Gasteiger partial charge in [-0.1, -0.05) is 0 Å². The standard InChI is InChI=1S/C14H15F3N4O3/c15-14(16,17)10-3-6-18-13(20-10)21-7-4-9(5-8-21)19-11(22)1-2-12(23)24/h1-3,6,9H,4-5,7-8H2,(H,19,22)(H,23,24)/b2-1+. The third-order valence-electron chi connectivity index (χ3n) is 3.43. The molecule has 0 atom stereocenters. The fourth-order valence-electron chi connectivity index (χ4n) is 2.28. The minimum Gasteiger partial charge on any atom is -0.478 e. The molecule has 24 heavy (non-hydrogen) atoms. The molecular weight excluding hydrogens is 329 g/mol. The first-order valence-electron chi connectivity index (χ1n) is 7.12. The average molecular weight is 344 g/mol. The number of nitrogens with one attached hydrogen (secondary N) is 1. The molecule has 1 aromatic rings. The Labute approximate surface area is 135 Å². The highest BCUT2D eigenvalue weighted by atomic mass is 19.4. The number of halogens is 3. The van der Waals surface area contributed by atoms with Crippen LogP contribution in [0.15, 0.2) is 24.4 Å². The largest absolute Gasteiger partial charge is 0.478 e. The van der Waals surface area contributed by atoms with Gasteiger partial charge in [-0.05, 0) is 18.9 Å². The number of aromatic nitrogens is 2. The van der Waals surface area contributed by atoms with E-state index >= 15 is 0 Å². The van der Waals surface area contributed by atoms with Gasteiger partial charge in [0.1, 0.15) is 5.69 Å². The number of alkyl halides is 3. The number of carbonyl (C=O) groups is 2. The fraction of sp³-hybridized carbons (Fsp3) is 0.429. The number of hydrogen-bond acceptors (Lipinski definition) is 5. The summed E-state index contributed by atoms with van der Waals surface area (Å²) in [5.41, 5.74) is -0.998. The van der Waals surface area contributed by atoms with Crippen LogP contribution in [0.4, 0.5) is 19.1 Å². The van der Waals surface area contributed by atoms with E-state index in [0.29, 0.717) is 25.9 Å². The van der Waals surface area contributed by atoms with Crippen LogP contribution in [0.1, 0.15) is 18.5 Å². The van der Waals surface area contributed by atoms with Crippen molar-refractivity contribution in [2.24, 2.45) is 0 Å². The molecule has 1 amide bonds. The SMILES string of the molecule is O=C(O)/C=C/C(=O)NC1CCN(c2nccc(C(F)(F)F)n2)CC1. The number of carboxylic acids is 1. The summed E-state index contributed by atoms with van der Waals surface area (Å²) < 4.78 is 38.0. The molecule has 7 nitrogen and oxygen atoms in total. The van der Waals surface area contributed by atoms with Gasteiger partial charge < -0.3 is 15.3 Å². The van der Waals surface area contributed by atoms with Crippen LogP contribution in [0, 0.1) is 0 Å². The molecule has 0 radical (unpaired) electrons. The van der Waals surface area contributed by atoms with Crippen molar-refractivity contribution in [1.29, 1.82) is 0 Å². The molecule has 2 rings (SSSR count). The predicted molar refractivity (Wildman–Crippen MR) is 77.2 cm³/mol. The number of carbonyl (C=O) groups excluding carboxylic acids is 1. The van der Waals surface area contributed by atoms with Crippen molar-refractivity contribution < 1.29 is 27.9 Å². The highest BCUT2D eigenvalue weighted by molar-refractivity contribution is 5.94. The van der Waals surface area contributed by atoms with E-state index in [-0.39, 0.29) is 12.0 Å². The van der Waals surface area contributed by atoms with Crippen LogP contribution in [-0.4, -0.2) is 46.1 Å². The Balaban J connectivity index is 1.91. The van der Waals surface area contributed by atoms with E-state index in [1.807, 2.05) is 0 Å². The molecule has 0 bridgehead atoms. The summed E-state index contributed by atoms with van der Waals surface area (Å²) in [6, 6.07) is 0.628. The van der Waals surface area contributed by atoms with Crippen molar-refractivity contribution in [2.45, 2.75) is 25.1 Å². The summed E-state index contributed by atoms with van der Waals surface area (Å²) in [7, 11) is 0. The second-order valence-electron chi connectivity index (χ2n) is 5.18. The minimum atomic E-state index is -4.53. The molecule has 0 spiro atoms. The molecule has 1 aliphatic rings.